The molecule has 0 fully saturated rings. The van der Waals surface area contributed by atoms with Gasteiger partial charge in [0.25, 0.3) is 15.9 Å². The quantitative estimate of drug-likeness (QED) is 0.397. The van der Waals surface area contributed by atoms with Gasteiger partial charge in [-0.1, -0.05) is 37.3 Å². The molecule has 2 N–H and O–H groups in total. The van der Waals surface area contributed by atoms with Gasteiger partial charge in [0.1, 0.15) is 12.3 Å². The molecule has 2 amide bonds. The molecule has 0 bridgehead atoms. The number of benzene rings is 3. The number of nitrogens with zero attached hydrogens (tertiary/aromatic N) is 1. The van der Waals surface area contributed by atoms with Crippen molar-refractivity contribution in [2.24, 2.45) is 0 Å². The van der Waals surface area contributed by atoms with Crippen molar-refractivity contribution in [1.29, 1.82) is 0 Å². The Morgan fingerprint density at radius 3 is 2.19 bits per heavy atom. The zero-order valence-corrected chi connectivity index (χ0v) is 21.4. The van der Waals surface area contributed by atoms with Gasteiger partial charge < -0.3 is 15.4 Å². The lowest BCUT2D eigenvalue weighted by Crippen LogP contribution is -2.38. The second kappa shape index (κ2) is 12.2. The van der Waals surface area contributed by atoms with Crippen LogP contribution in [0.15, 0.2) is 83.8 Å². The van der Waals surface area contributed by atoms with E-state index in [1.807, 2.05) is 20.8 Å². The molecule has 3 rings (SSSR count). The van der Waals surface area contributed by atoms with E-state index in [0.29, 0.717) is 29.3 Å². The molecule has 0 aliphatic heterocycles. The van der Waals surface area contributed by atoms with Gasteiger partial charge in [0.2, 0.25) is 5.91 Å². The molecule has 8 nitrogen and oxygen atoms in total. The second-order valence-electron chi connectivity index (χ2n) is 8.13. The lowest BCUT2D eigenvalue weighted by atomic mass is 10.1. The van der Waals surface area contributed by atoms with E-state index >= 15 is 0 Å². The molecule has 3 aromatic carbocycles. The van der Waals surface area contributed by atoms with Crippen molar-refractivity contribution in [3.63, 3.8) is 0 Å². The van der Waals surface area contributed by atoms with Gasteiger partial charge in [-0.25, -0.2) is 8.42 Å². The molecule has 0 saturated heterocycles. The minimum absolute atomic E-state index is 0.0348. The predicted molar refractivity (Wildman–Crippen MR) is 141 cm³/mol. The largest absolute Gasteiger partial charge is 0.494 e. The Balaban J connectivity index is 1.90. The fourth-order valence-corrected chi connectivity index (χ4v) is 4.87. The first-order valence-electron chi connectivity index (χ1n) is 11.8. The third kappa shape index (κ3) is 6.63. The highest BCUT2D eigenvalue weighted by Gasteiger charge is 2.27. The van der Waals surface area contributed by atoms with Crippen molar-refractivity contribution in [2.45, 2.75) is 38.1 Å². The van der Waals surface area contributed by atoms with Gasteiger partial charge in [-0.05, 0) is 68.8 Å². The van der Waals surface area contributed by atoms with Crippen LogP contribution in [0.3, 0.4) is 0 Å². The summed E-state index contributed by atoms with van der Waals surface area (Å²) in [6.07, 6.45) is 0.759. The molecule has 0 spiro atoms. The van der Waals surface area contributed by atoms with Crippen LogP contribution in [0.5, 0.6) is 5.75 Å². The molecule has 9 heteroatoms. The number of sulfonamides is 1. The highest BCUT2D eigenvalue weighted by Crippen LogP contribution is 2.26. The maximum absolute atomic E-state index is 13.5. The Labute approximate surface area is 212 Å². The number of para-hydroxylation sites is 1. The molecule has 0 heterocycles. The smallest absolute Gasteiger partial charge is 0.264 e. The van der Waals surface area contributed by atoms with E-state index in [1.54, 1.807) is 66.7 Å². The van der Waals surface area contributed by atoms with Crippen molar-refractivity contribution >= 4 is 33.2 Å². The lowest BCUT2D eigenvalue weighted by molar-refractivity contribution is -0.114. The molecular formula is C27H31N3O5S. The van der Waals surface area contributed by atoms with E-state index in [0.717, 1.165) is 10.7 Å². The summed E-state index contributed by atoms with van der Waals surface area (Å²) in [5.41, 5.74) is 0.900. The van der Waals surface area contributed by atoms with Crippen LogP contribution in [0.4, 0.5) is 11.4 Å². The summed E-state index contributed by atoms with van der Waals surface area (Å²) in [5, 5.41) is 5.59. The molecule has 0 aromatic heterocycles. The monoisotopic (exact) mass is 509 g/mol. The third-order valence-electron chi connectivity index (χ3n) is 5.49. The fourth-order valence-electron chi connectivity index (χ4n) is 3.42. The molecule has 36 heavy (non-hydrogen) atoms. The minimum atomic E-state index is -4.06. The van der Waals surface area contributed by atoms with Crippen molar-refractivity contribution in [3.05, 3.63) is 84.4 Å². The van der Waals surface area contributed by atoms with Gasteiger partial charge >= 0.3 is 0 Å². The zero-order chi connectivity index (χ0) is 26.1. The number of ether oxygens (including phenoxy) is 1. The van der Waals surface area contributed by atoms with Gasteiger partial charge in [0.15, 0.2) is 0 Å². The first-order chi connectivity index (χ1) is 17.3. The fraction of sp³-hybridized carbons (Fsp3) is 0.259. The molecule has 0 unspecified atom stereocenters. The Morgan fingerprint density at radius 1 is 0.917 bits per heavy atom. The van der Waals surface area contributed by atoms with Crippen molar-refractivity contribution < 1.29 is 22.7 Å². The number of carbonyl (C=O) groups excluding carboxylic acids is 2. The number of hydrogen-bond acceptors (Lipinski definition) is 5. The molecule has 3 aromatic rings. The topological polar surface area (TPSA) is 105 Å². The van der Waals surface area contributed by atoms with Crippen LogP contribution in [-0.2, 0) is 14.8 Å². The van der Waals surface area contributed by atoms with Crippen LogP contribution in [-0.4, -0.2) is 39.4 Å². The standard InChI is InChI=1S/C27H31N3O5S/c1-4-20(3)28-27(32)24-13-9-10-14-25(24)29-26(31)19-30(21-15-17-22(18-16-21)35-5-2)36(33,34)23-11-7-6-8-12-23/h6-18,20H,4-5,19H2,1-3H3,(H,28,32)(H,29,31)/t20-/m1/s1. The van der Waals surface area contributed by atoms with Gasteiger partial charge in [0.05, 0.1) is 28.4 Å². The highest BCUT2D eigenvalue weighted by atomic mass is 32.2. The Bertz CT molecular complexity index is 1280. The summed E-state index contributed by atoms with van der Waals surface area (Å²) in [4.78, 5) is 25.9. The first kappa shape index (κ1) is 26.7. The van der Waals surface area contributed by atoms with Gasteiger partial charge in [-0.2, -0.15) is 0 Å². The number of hydrogen-bond donors (Lipinski definition) is 2. The van der Waals surface area contributed by atoms with Crippen LogP contribution < -0.4 is 19.7 Å². The van der Waals surface area contributed by atoms with Crippen LogP contribution >= 0.6 is 0 Å². The number of nitrogens with one attached hydrogen (secondary N) is 2. The van der Waals surface area contributed by atoms with E-state index in [-0.39, 0.29) is 16.8 Å². The highest BCUT2D eigenvalue weighted by molar-refractivity contribution is 7.92. The van der Waals surface area contributed by atoms with Crippen molar-refractivity contribution in [2.75, 3.05) is 22.8 Å². The van der Waals surface area contributed by atoms with E-state index in [9.17, 15) is 18.0 Å². The SMILES string of the molecule is CCOc1ccc(N(CC(=O)Nc2ccccc2C(=O)N[C@H](C)CC)S(=O)(=O)c2ccccc2)cc1. The van der Waals surface area contributed by atoms with Crippen LogP contribution in [0.1, 0.15) is 37.6 Å². The number of rotatable bonds is 11. The molecule has 0 radical (unpaired) electrons. The maximum Gasteiger partial charge on any atom is 0.264 e. The first-order valence-corrected chi connectivity index (χ1v) is 13.2. The van der Waals surface area contributed by atoms with E-state index < -0.39 is 22.5 Å². The number of carbonyl (C=O) groups is 2. The van der Waals surface area contributed by atoms with Crippen LogP contribution in [0, 0.1) is 0 Å². The second-order valence-corrected chi connectivity index (χ2v) is 9.99. The van der Waals surface area contributed by atoms with Crippen LogP contribution in [0.25, 0.3) is 0 Å². The Morgan fingerprint density at radius 2 is 1.56 bits per heavy atom. The van der Waals surface area contributed by atoms with Crippen molar-refractivity contribution in [1.82, 2.24) is 5.32 Å². The van der Waals surface area contributed by atoms with Crippen molar-refractivity contribution in [3.8, 4) is 5.75 Å². The summed E-state index contributed by atoms with van der Waals surface area (Å²) in [5.74, 6) is -0.322. The molecule has 190 valence electrons. The molecule has 0 aliphatic carbocycles. The Kier molecular flexibility index (Phi) is 9.08. The van der Waals surface area contributed by atoms with E-state index in [1.165, 1.54) is 12.1 Å². The van der Waals surface area contributed by atoms with E-state index in [4.69, 9.17) is 4.74 Å². The van der Waals surface area contributed by atoms with Gasteiger partial charge in [-0.15, -0.1) is 0 Å². The summed E-state index contributed by atoms with van der Waals surface area (Å²) in [7, 11) is -4.06. The Hall–Kier alpha value is -3.85. The third-order valence-corrected chi connectivity index (χ3v) is 7.28. The minimum Gasteiger partial charge on any atom is -0.494 e. The summed E-state index contributed by atoms with van der Waals surface area (Å²) >= 11 is 0. The number of amides is 2. The average Bonchev–Trinajstić information content (AvgIpc) is 2.88. The summed E-state index contributed by atoms with van der Waals surface area (Å²) < 4.78 is 33.5. The zero-order valence-electron chi connectivity index (χ0n) is 20.6. The maximum atomic E-state index is 13.5. The predicted octanol–water partition coefficient (Wildman–Crippen LogP) is 4.45. The number of anilines is 2. The molecular weight excluding hydrogens is 478 g/mol. The summed E-state index contributed by atoms with van der Waals surface area (Å²) in [6, 6.07) is 21.0. The molecule has 0 aliphatic rings. The molecule has 1 atom stereocenters. The van der Waals surface area contributed by atoms with E-state index in [2.05, 4.69) is 10.6 Å². The normalized spacial score (nSPS) is 11.9. The van der Waals surface area contributed by atoms with Gasteiger partial charge in [0, 0.05) is 6.04 Å². The van der Waals surface area contributed by atoms with Crippen LogP contribution in [0.2, 0.25) is 0 Å². The summed E-state index contributed by atoms with van der Waals surface area (Å²) in [6.45, 7) is 5.68. The molecule has 0 saturated carbocycles. The average molecular weight is 510 g/mol. The lowest BCUT2D eigenvalue weighted by Gasteiger charge is -2.24. The van der Waals surface area contributed by atoms with Gasteiger partial charge in [-0.3, -0.25) is 13.9 Å².